The zero-order chi connectivity index (χ0) is 19.7. The van der Waals surface area contributed by atoms with Gasteiger partial charge in [0.1, 0.15) is 24.3 Å². The fourth-order valence-corrected chi connectivity index (χ4v) is 2.46. The summed E-state index contributed by atoms with van der Waals surface area (Å²) in [7, 11) is -4.53. The molecule has 26 heavy (non-hydrogen) atoms. The Morgan fingerprint density at radius 2 is 1.88 bits per heavy atom. The van der Waals surface area contributed by atoms with E-state index >= 15 is 0 Å². The highest BCUT2D eigenvalue weighted by Crippen LogP contribution is 2.13. The van der Waals surface area contributed by atoms with Gasteiger partial charge in [-0.15, -0.1) is 0 Å². The van der Waals surface area contributed by atoms with E-state index in [2.05, 4.69) is 20.1 Å². The first-order chi connectivity index (χ1) is 12.1. The molecule has 0 fully saturated rings. The quantitative estimate of drug-likeness (QED) is 0.365. The molecule has 1 aromatic carbocycles. The predicted molar refractivity (Wildman–Crippen MR) is 93.5 cm³/mol. The Morgan fingerprint density at radius 3 is 2.42 bits per heavy atom. The standard InChI is InChI=1S/C15H17BrFNO7S/c1-10(2)7-14(19)23-9-13(8-16)24-15(20)18-26(21,22)25-12-5-3-11(17)4-6-12/h3-7,13H,8-9H2,1-2H3,(H,18,20). The molecule has 0 spiro atoms. The molecule has 1 amide bonds. The van der Waals surface area contributed by atoms with Crippen LogP contribution in [0, 0.1) is 5.82 Å². The van der Waals surface area contributed by atoms with Gasteiger partial charge in [-0.2, -0.15) is 13.1 Å². The molecule has 0 aliphatic rings. The van der Waals surface area contributed by atoms with Crippen molar-refractivity contribution >= 4 is 38.3 Å². The lowest BCUT2D eigenvalue weighted by atomic mass is 10.3. The summed E-state index contributed by atoms with van der Waals surface area (Å²) >= 11 is 3.06. The van der Waals surface area contributed by atoms with E-state index in [0.717, 1.165) is 29.8 Å². The molecule has 1 rings (SSSR count). The monoisotopic (exact) mass is 453 g/mol. The summed E-state index contributed by atoms with van der Waals surface area (Å²) in [5, 5.41) is 0.0986. The van der Waals surface area contributed by atoms with Crippen molar-refractivity contribution in [2.45, 2.75) is 20.0 Å². The molecule has 0 aliphatic heterocycles. The Morgan fingerprint density at radius 1 is 1.27 bits per heavy atom. The highest BCUT2D eigenvalue weighted by molar-refractivity contribution is 9.09. The molecule has 1 unspecified atom stereocenters. The minimum absolute atomic E-state index is 0.0986. The maximum absolute atomic E-state index is 12.8. The second kappa shape index (κ2) is 10.1. The summed E-state index contributed by atoms with van der Waals surface area (Å²) in [6, 6.07) is 4.13. The number of hydrogen-bond donors (Lipinski definition) is 1. The van der Waals surface area contributed by atoms with Crippen LogP contribution in [-0.4, -0.2) is 38.5 Å². The molecule has 0 aliphatic carbocycles. The summed E-state index contributed by atoms with van der Waals surface area (Å²) < 4.78 is 52.0. The van der Waals surface area contributed by atoms with Gasteiger partial charge in [-0.05, 0) is 38.1 Å². The van der Waals surface area contributed by atoms with Gasteiger partial charge in [-0.25, -0.2) is 14.0 Å². The topological polar surface area (TPSA) is 108 Å². The number of carbonyl (C=O) groups excluding carboxylic acids is 2. The Balaban J connectivity index is 2.55. The number of carbonyl (C=O) groups is 2. The molecule has 0 bridgehead atoms. The van der Waals surface area contributed by atoms with E-state index in [9.17, 15) is 22.4 Å². The van der Waals surface area contributed by atoms with Crippen LogP contribution in [0.5, 0.6) is 5.75 Å². The van der Waals surface area contributed by atoms with E-state index in [1.807, 2.05) is 0 Å². The average Bonchev–Trinajstić information content (AvgIpc) is 2.52. The Bertz CT molecular complexity index is 761. The molecule has 11 heteroatoms. The van der Waals surface area contributed by atoms with Crippen molar-refractivity contribution in [3.8, 4) is 5.75 Å². The van der Waals surface area contributed by atoms with E-state index in [1.54, 1.807) is 13.8 Å². The number of benzene rings is 1. The summed E-state index contributed by atoms with van der Waals surface area (Å²) in [5.41, 5.74) is 0.730. The number of amides is 1. The van der Waals surface area contributed by atoms with Crippen molar-refractivity contribution in [1.29, 1.82) is 0 Å². The van der Waals surface area contributed by atoms with Gasteiger partial charge in [0.25, 0.3) is 0 Å². The summed E-state index contributed by atoms with van der Waals surface area (Å²) in [5.74, 6) is -1.39. The van der Waals surface area contributed by atoms with Crippen LogP contribution in [0.25, 0.3) is 0 Å². The van der Waals surface area contributed by atoms with Crippen LogP contribution in [-0.2, 0) is 24.6 Å². The molecular formula is C15H17BrFNO7S. The molecule has 1 N–H and O–H groups in total. The van der Waals surface area contributed by atoms with Gasteiger partial charge in [0, 0.05) is 11.4 Å². The zero-order valence-electron chi connectivity index (χ0n) is 13.9. The van der Waals surface area contributed by atoms with Crippen LogP contribution in [0.15, 0.2) is 35.9 Å². The number of alkyl halides is 1. The van der Waals surface area contributed by atoms with Crippen LogP contribution in [0.4, 0.5) is 9.18 Å². The number of ether oxygens (including phenoxy) is 2. The van der Waals surface area contributed by atoms with Crippen molar-refractivity contribution in [2.24, 2.45) is 0 Å². The second-order valence-electron chi connectivity index (χ2n) is 5.13. The molecule has 1 atom stereocenters. The molecule has 8 nitrogen and oxygen atoms in total. The number of nitrogens with one attached hydrogen (secondary N) is 1. The van der Waals surface area contributed by atoms with Crippen LogP contribution in [0.1, 0.15) is 13.8 Å². The normalized spacial score (nSPS) is 11.8. The van der Waals surface area contributed by atoms with Crippen molar-refractivity contribution < 1.29 is 36.1 Å². The maximum atomic E-state index is 12.8. The lowest BCUT2D eigenvalue weighted by molar-refractivity contribution is -0.140. The second-order valence-corrected chi connectivity index (χ2v) is 7.05. The number of rotatable bonds is 8. The lowest BCUT2D eigenvalue weighted by Gasteiger charge is -2.15. The highest BCUT2D eigenvalue weighted by atomic mass is 79.9. The lowest BCUT2D eigenvalue weighted by Crippen LogP contribution is -2.38. The van der Waals surface area contributed by atoms with Crippen LogP contribution in [0.3, 0.4) is 0 Å². The zero-order valence-corrected chi connectivity index (χ0v) is 16.3. The molecule has 0 saturated heterocycles. The van der Waals surface area contributed by atoms with Gasteiger partial charge >= 0.3 is 22.4 Å². The van der Waals surface area contributed by atoms with Crippen LogP contribution in [0.2, 0.25) is 0 Å². The predicted octanol–water partition coefficient (Wildman–Crippen LogP) is 2.45. The summed E-state index contributed by atoms with van der Waals surface area (Å²) in [6.45, 7) is 3.14. The van der Waals surface area contributed by atoms with E-state index in [-0.39, 0.29) is 17.7 Å². The van der Waals surface area contributed by atoms with Gasteiger partial charge in [0.15, 0.2) is 0 Å². The van der Waals surface area contributed by atoms with Crippen LogP contribution >= 0.6 is 15.9 Å². The van der Waals surface area contributed by atoms with Gasteiger partial charge in [-0.3, -0.25) is 0 Å². The van der Waals surface area contributed by atoms with E-state index < -0.39 is 34.3 Å². The Hall–Kier alpha value is -2.14. The summed E-state index contributed by atoms with van der Waals surface area (Å²) in [6.07, 6.45) is -0.993. The third-order valence-electron chi connectivity index (χ3n) is 2.49. The van der Waals surface area contributed by atoms with Crippen molar-refractivity contribution in [2.75, 3.05) is 11.9 Å². The minimum Gasteiger partial charge on any atom is -0.459 e. The number of allylic oxidation sites excluding steroid dienone is 1. The number of esters is 1. The fraction of sp³-hybridized carbons (Fsp3) is 0.333. The van der Waals surface area contributed by atoms with Gasteiger partial charge in [0.2, 0.25) is 0 Å². The smallest absolute Gasteiger partial charge is 0.423 e. The van der Waals surface area contributed by atoms with Crippen molar-refractivity contribution in [3.63, 3.8) is 0 Å². The third-order valence-corrected chi connectivity index (χ3v) is 4.04. The SMILES string of the molecule is CC(C)=CC(=O)OCC(CBr)OC(=O)NS(=O)(=O)Oc1ccc(F)cc1. The molecule has 144 valence electrons. The molecule has 0 radical (unpaired) electrons. The molecule has 1 aromatic rings. The first kappa shape index (κ1) is 21.9. The molecule has 0 heterocycles. The number of hydrogen-bond acceptors (Lipinski definition) is 7. The minimum atomic E-state index is -4.53. The van der Waals surface area contributed by atoms with Gasteiger partial charge in [-0.1, -0.05) is 21.5 Å². The maximum Gasteiger partial charge on any atom is 0.423 e. The average molecular weight is 454 g/mol. The highest BCUT2D eigenvalue weighted by Gasteiger charge is 2.22. The van der Waals surface area contributed by atoms with Crippen molar-refractivity contribution in [3.05, 3.63) is 41.7 Å². The summed E-state index contributed by atoms with van der Waals surface area (Å²) in [4.78, 5) is 23.1. The van der Waals surface area contributed by atoms with Crippen molar-refractivity contribution in [1.82, 2.24) is 4.72 Å². The third kappa shape index (κ3) is 8.81. The molecule has 0 saturated carbocycles. The molecular weight excluding hydrogens is 437 g/mol. The first-order valence-corrected chi connectivity index (χ1v) is 9.70. The molecule has 0 aromatic heterocycles. The first-order valence-electron chi connectivity index (χ1n) is 7.17. The Labute approximate surface area is 158 Å². The van der Waals surface area contributed by atoms with Crippen LogP contribution < -0.4 is 8.91 Å². The van der Waals surface area contributed by atoms with Gasteiger partial charge < -0.3 is 13.7 Å². The van der Waals surface area contributed by atoms with E-state index in [4.69, 9.17) is 9.47 Å². The van der Waals surface area contributed by atoms with E-state index in [1.165, 1.54) is 10.8 Å². The van der Waals surface area contributed by atoms with Gasteiger partial charge in [0.05, 0.1) is 0 Å². The number of halogens is 2. The fourth-order valence-electron chi connectivity index (χ4n) is 1.48. The van der Waals surface area contributed by atoms with E-state index in [0.29, 0.717) is 0 Å². The Kier molecular flexibility index (Phi) is 8.52. The largest absolute Gasteiger partial charge is 0.459 e.